The summed E-state index contributed by atoms with van der Waals surface area (Å²) in [5.74, 6) is 0.933. The zero-order valence-electron chi connectivity index (χ0n) is 11.4. The number of aryl methyl sites for hydroxylation is 1. The molecule has 1 aromatic carbocycles. The molecule has 1 amide bonds. The van der Waals surface area contributed by atoms with E-state index in [1.54, 1.807) is 0 Å². The number of benzene rings is 1. The summed E-state index contributed by atoms with van der Waals surface area (Å²) >= 11 is 11.3. The predicted octanol–water partition coefficient (Wildman–Crippen LogP) is 4.41. The highest BCUT2D eigenvalue weighted by Crippen LogP contribution is 2.37. The Balaban J connectivity index is 1.85. The van der Waals surface area contributed by atoms with E-state index in [0.717, 1.165) is 22.2 Å². The average molecular weight is 386 g/mol. The van der Waals surface area contributed by atoms with Gasteiger partial charge in [-0.05, 0) is 52.2 Å². The molecule has 0 fully saturated rings. The highest BCUT2D eigenvalue weighted by molar-refractivity contribution is 9.10. The zero-order chi connectivity index (χ0) is 15.0. The number of fused-ring (bicyclic) bond motifs is 1. The molecule has 2 aromatic rings. The van der Waals surface area contributed by atoms with E-state index in [2.05, 4.69) is 21.2 Å². The van der Waals surface area contributed by atoms with Crippen LogP contribution in [0.3, 0.4) is 0 Å². The molecule has 0 radical (unpaired) electrons. The monoisotopic (exact) mass is 384 g/mol. The van der Waals surface area contributed by atoms with Crippen molar-refractivity contribution in [3.8, 4) is 0 Å². The fourth-order valence-electron chi connectivity index (χ4n) is 2.50. The second-order valence-corrected chi connectivity index (χ2v) is 7.49. The quantitative estimate of drug-likeness (QED) is 0.831. The van der Waals surface area contributed by atoms with E-state index in [-0.39, 0.29) is 11.9 Å². The van der Waals surface area contributed by atoms with Crippen molar-refractivity contribution in [2.24, 2.45) is 7.05 Å². The maximum atomic E-state index is 12.4. The van der Waals surface area contributed by atoms with Crippen LogP contribution in [0.5, 0.6) is 0 Å². The van der Waals surface area contributed by atoms with Gasteiger partial charge < -0.3 is 9.88 Å². The number of hydrogen-bond donors (Lipinski definition) is 1. The molecule has 1 unspecified atom stereocenters. The van der Waals surface area contributed by atoms with Gasteiger partial charge in [-0.3, -0.25) is 4.79 Å². The molecule has 0 spiro atoms. The molecule has 1 aromatic heterocycles. The standard InChI is InChI=1S/C15H14BrClN2OS/c1-19-8-9(16)6-13(19)15(20)18-12-4-5-21-14-3-2-10(17)7-11(12)14/h2-3,6-8,12H,4-5H2,1H3,(H,18,20). The number of nitrogens with zero attached hydrogens (tertiary/aromatic N) is 1. The first kappa shape index (κ1) is 15.0. The lowest BCUT2D eigenvalue weighted by atomic mass is 10.0. The van der Waals surface area contributed by atoms with Gasteiger partial charge in [-0.1, -0.05) is 11.6 Å². The minimum absolute atomic E-state index is 0.0149. The van der Waals surface area contributed by atoms with Crippen LogP contribution in [0.2, 0.25) is 5.02 Å². The van der Waals surface area contributed by atoms with Crippen LogP contribution in [-0.2, 0) is 7.05 Å². The Morgan fingerprint density at radius 1 is 1.48 bits per heavy atom. The predicted molar refractivity (Wildman–Crippen MR) is 90.1 cm³/mol. The summed E-state index contributed by atoms with van der Waals surface area (Å²) in [6.07, 6.45) is 2.78. The van der Waals surface area contributed by atoms with Gasteiger partial charge in [0.15, 0.2) is 0 Å². The molecule has 3 nitrogen and oxygen atoms in total. The second-order valence-electron chi connectivity index (χ2n) is 5.00. The number of thioether (sulfide) groups is 1. The van der Waals surface area contributed by atoms with Gasteiger partial charge in [-0.15, -0.1) is 11.8 Å². The number of carbonyl (C=O) groups excluding carboxylic acids is 1. The van der Waals surface area contributed by atoms with Crippen molar-refractivity contribution in [1.29, 1.82) is 0 Å². The molecule has 0 saturated heterocycles. The first-order valence-electron chi connectivity index (χ1n) is 6.59. The lowest BCUT2D eigenvalue weighted by molar-refractivity contribution is 0.0926. The number of amides is 1. The average Bonchev–Trinajstić information content (AvgIpc) is 2.78. The van der Waals surface area contributed by atoms with Crippen LogP contribution < -0.4 is 5.32 Å². The van der Waals surface area contributed by atoms with Crippen molar-refractivity contribution in [1.82, 2.24) is 9.88 Å². The zero-order valence-corrected chi connectivity index (χ0v) is 14.6. The third-order valence-electron chi connectivity index (χ3n) is 3.52. The Labute approximate surface area is 141 Å². The largest absolute Gasteiger partial charge is 0.345 e. The van der Waals surface area contributed by atoms with Gasteiger partial charge in [-0.25, -0.2) is 0 Å². The van der Waals surface area contributed by atoms with Crippen LogP contribution in [0.25, 0.3) is 0 Å². The Bertz CT molecular complexity index is 701. The maximum Gasteiger partial charge on any atom is 0.268 e. The second kappa shape index (κ2) is 6.07. The summed E-state index contributed by atoms with van der Waals surface area (Å²) in [7, 11) is 1.86. The number of rotatable bonds is 2. The Morgan fingerprint density at radius 2 is 2.29 bits per heavy atom. The molecular weight excluding hydrogens is 372 g/mol. The minimum Gasteiger partial charge on any atom is -0.345 e. The molecular formula is C15H14BrClN2OS. The summed E-state index contributed by atoms with van der Waals surface area (Å²) in [5.41, 5.74) is 1.75. The summed E-state index contributed by atoms with van der Waals surface area (Å²) in [6.45, 7) is 0. The SMILES string of the molecule is Cn1cc(Br)cc1C(=O)NC1CCSc2ccc(Cl)cc21. The van der Waals surface area contributed by atoms with E-state index in [1.165, 1.54) is 4.90 Å². The van der Waals surface area contributed by atoms with Crippen molar-refractivity contribution in [2.45, 2.75) is 17.4 Å². The van der Waals surface area contributed by atoms with Gasteiger partial charge >= 0.3 is 0 Å². The molecule has 1 atom stereocenters. The highest BCUT2D eigenvalue weighted by Gasteiger charge is 2.24. The van der Waals surface area contributed by atoms with Crippen molar-refractivity contribution < 1.29 is 4.79 Å². The van der Waals surface area contributed by atoms with Crippen LogP contribution in [0, 0.1) is 0 Å². The van der Waals surface area contributed by atoms with Gasteiger partial charge in [0.1, 0.15) is 5.69 Å². The van der Waals surface area contributed by atoms with Crippen LogP contribution in [0.4, 0.5) is 0 Å². The first-order chi connectivity index (χ1) is 10.0. The first-order valence-corrected chi connectivity index (χ1v) is 8.75. The molecule has 21 heavy (non-hydrogen) atoms. The summed E-state index contributed by atoms with van der Waals surface area (Å²) < 4.78 is 2.72. The molecule has 1 N–H and O–H groups in total. The lowest BCUT2D eigenvalue weighted by Crippen LogP contribution is -2.31. The summed E-state index contributed by atoms with van der Waals surface area (Å²) in [5, 5.41) is 3.83. The Morgan fingerprint density at radius 3 is 3.00 bits per heavy atom. The number of halogens is 2. The van der Waals surface area contributed by atoms with Gasteiger partial charge in [0.05, 0.1) is 6.04 Å². The third-order valence-corrected chi connectivity index (χ3v) is 5.31. The van der Waals surface area contributed by atoms with E-state index < -0.39 is 0 Å². The normalized spacial score (nSPS) is 17.4. The topological polar surface area (TPSA) is 34.0 Å². The van der Waals surface area contributed by atoms with Crippen molar-refractivity contribution in [2.75, 3.05) is 5.75 Å². The van der Waals surface area contributed by atoms with Gasteiger partial charge in [-0.2, -0.15) is 0 Å². The molecule has 6 heteroatoms. The molecule has 2 heterocycles. The van der Waals surface area contributed by atoms with E-state index in [1.807, 2.05) is 53.8 Å². The third kappa shape index (κ3) is 3.15. The lowest BCUT2D eigenvalue weighted by Gasteiger charge is -2.26. The van der Waals surface area contributed by atoms with Gasteiger partial charge in [0, 0.05) is 33.4 Å². The Hall–Kier alpha value is -0.910. The van der Waals surface area contributed by atoms with Gasteiger partial charge in [0.2, 0.25) is 0 Å². The molecule has 0 bridgehead atoms. The maximum absolute atomic E-state index is 12.4. The van der Waals surface area contributed by atoms with E-state index in [9.17, 15) is 4.79 Å². The minimum atomic E-state index is -0.0639. The molecule has 110 valence electrons. The summed E-state index contributed by atoms with van der Waals surface area (Å²) in [4.78, 5) is 13.6. The fourth-order valence-corrected chi connectivity index (χ4v) is 4.31. The number of hydrogen-bond acceptors (Lipinski definition) is 2. The highest BCUT2D eigenvalue weighted by atomic mass is 79.9. The Kier molecular flexibility index (Phi) is 4.33. The fraction of sp³-hybridized carbons (Fsp3) is 0.267. The number of nitrogens with one attached hydrogen (secondary N) is 1. The van der Waals surface area contributed by atoms with Crippen LogP contribution in [-0.4, -0.2) is 16.2 Å². The number of carbonyl (C=O) groups is 1. The molecule has 1 aliphatic rings. The van der Waals surface area contributed by atoms with Gasteiger partial charge in [0.25, 0.3) is 5.91 Å². The van der Waals surface area contributed by atoms with E-state index in [4.69, 9.17) is 11.6 Å². The van der Waals surface area contributed by atoms with Crippen LogP contribution in [0.1, 0.15) is 28.5 Å². The smallest absolute Gasteiger partial charge is 0.268 e. The molecule has 3 rings (SSSR count). The van der Waals surface area contributed by atoms with E-state index in [0.29, 0.717) is 10.7 Å². The van der Waals surface area contributed by atoms with Crippen LogP contribution in [0.15, 0.2) is 39.8 Å². The van der Waals surface area contributed by atoms with E-state index >= 15 is 0 Å². The number of aromatic nitrogens is 1. The molecule has 0 aliphatic carbocycles. The summed E-state index contributed by atoms with van der Waals surface area (Å²) in [6, 6.07) is 7.72. The molecule has 0 saturated carbocycles. The van der Waals surface area contributed by atoms with Crippen molar-refractivity contribution in [3.05, 3.63) is 51.2 Å². The van der Waals surface area contributed by atoms with Crippen LogP contribution >= 0.6 is 39.3 Å². The van der Waals surface area contributed by atoms with Crippen molar-refractivity contribution >= 4 is 45.2 Å². The van der Waals surface area contributed by atoms with Crippen molar-refractivity contribution in [3.63, 3.8) is 0 Å². The molecule has 1 aliphatic heterocycles.